The van der Waals surface area contributed by atoms with Crippen molar-refractivity contribution in [2.75, 3.05) is 0 Å². The van der Waals surface area contributed by atoms with Gasteiger partial charge in [0.15, 0.2) is 5.69 Å². The van der Waals surface area contributed by atoms with Crippen LogP contribution in [0.2, 0.25) is 5.02 Å². The van der Waals surface area contributed by atoms with Gasteiger partial charge in [-0.25, -0.2) is 0 Å². The normalized spacial score (nSPS) is 11.3. The van der Waals surface area contributed by atoms with Crippen LogP contribution in [0.4, 0.5) is 0 Å². The van der Waals surface area contributed by atoms with Crippen LogP contribution < -0.4 is 0 Å². The molecule has 0 atom stereocenters. The molecule has 0 aliphatic heterocycles. The van der Waals surface area contributed by atoms with Gasteiger partial charge in [0, 0.05) is 32.1 Å². The van der Waals surface area contributed by atoms with E-state index >= 15 is 0 Å². The fraction of sp³-hybridized carbons (Fsp3) is 0.250. The van der Waals surface area contributed by atoms with Crippen LogP contribution in [-0.2, 0) is 14.1 Å². The van der Waals surface area contributed by atoms with Crippen LogP contribution >= 0.6 is 11.6 Å². The number of allylic oxidation sites excluding steroid dienone is 1. The first kappa shape index (κ1) is 12.6. The lowest BCUT2D eigenvalue weighted by atomic mass is 10.2. The SMILES string of the molecule is Cc1nn(C)cc1/C=C/C(=O)c1nn(C)cc1Cl. The van der Waals surface area contributed by atoms with Gasteiger partial charge in [-0.15, -0.1) is 0 Å². The molecule has 5 nitrogen and oxygen atoms in total. The highest BCUT2D eigenvalue weighted by atomic mass is 35.5. The van der Waals surface area contributed by atoms with Gasteiger partial charge in [-0.1, -0.05) is 11.6 Å². The molecule has 0 bridgehead atoms. The highest BCUT2D eigenvalue weighted by Gasteiger charge is 2.12. The Balaban J connectivity index is 2.22. The minimum absolute atomic E-state index is 0.219. The van der Waals surface area contributed by atoms with Crippen LogP contribution in [0.1, 0.15) is 21.7 Å². The van der Waals surface area contributed by atoms with E-state index < -0.39 is 0 Å². The summed E-state index contributed by atoms with van der Waals surface area (Å²) in [5.74, 6) is -0.219. The fourth-order valence-electron chi connectivity index (χ4n) is 1.65. The highest BCUT2D eigenvalue weighted by Crippen LogP contribution is 2.15. The number of halogens is 1. The molecule has 0 aliphatic carbocycles. The largest absolute Gasteiger partial charge is 0.287 e. The van der Waals surface area contributed by atoms with E-state index in [0.717, 1.165) is 11.3 Å². The highest BCUT2D eigenvalue weighted by molar-refractivity contribution is 6.34. The topological polar surface area (TPSA) is 52.7 Å². The van der Waals surface area contributed by atoms with Crippen LogP contribution in [-0.4, -0.2) is 25.3 Å². The van der Waals surface area contributed by atoms with Crippen molar-refractivity contribution < 1.29 is 4.79 Å². The van der Waals surface area contributed by atoms with Gasteiger partial charge >= 0.3 is 0 Å². The number of aryl methyl sites for hydroxylation is 3. The van der Waals surface area contributed by atoms with Gasteiger partial charge in [0.05, 0.1) is 10.7 Å². The molecule has 2 rings (SSSR count). The van der Waals surface area contributed by atoms with Gasteiger partial charge in [0.2, 0.25) is 5.78 Å². The lowest BCUT2D eigenvalue weighted by Crippen LogP contribution is -1.98. The Morgan fingerprint density at radius 1 is 1.28 bits per heavy atom. The molecule has 6 heteroatoms. The Morgan fingerprint density at radius 2 is 1.94 bits per heavy atom. The Hall–Kier alpha value is -1.88. The summed E-state index contributed by atoms with van der Waals surface area (Å²) in [5.41, 5.74) is 2.03. The summed E-state index contributed by atoms with van der Waals surface area (Å²) in [6.45, 7) is 1.89. The van der Waals surface area contributed by atoms with Crippen LogP contribution in [0.15, 0.2) is 18.5 Å². The molecule has 0 aliphatic rings. The Bertz CT molecular complexity index is 624. The zero-order valence-electron chi connectivity index (χ0n) is 10.4. The molecule has 0 fully saturated rings. The molecule has 0 N–H and O–H groups in total. The maximum atomic E-state index is 11.9. The number of ketones is 1. The minimum Gasteiger partial charge on any atom is -0.287 e. The first-order valence-electron chi connectivity index (χ1n) is 5.39. The summed E-state index contributed by atoms with van der Waals surface area (Å²) in [4.78, 5) is 11.9. The molecule has 0 spiro atoms. The van der Waals surface area contributed by atoms with Gasteiger partial charge in [0.25, 0.3) is 0 Å². The summed E-state index contributed by atoms with van der Waals surface area (Å²) in [6, 6.07) is 0. The molecule has 0 unspecified atom stereocenters. The van der Waals surface area contributed by atoms with E-state index in [2.05, 4.69) is 10.2 Å². The van der Waals surface area contributed by atoms with E-state index in [9.17, 15) is 4.79 Å². The molecule has 0 saturated heterocycles. The number of carbonyl (C=O) groups excluding carboxylic acids is 1. The first-order valence-corrected chi connectivity index (χ1v) is 5.77. The van der Waals surface area contributed by atoms with Crippen molar-refractivity contribution in [2.24, 2.45) is 14.1 Å². The van der Waals surface area contributed by atoms with Crippen molar-refractivity contribution in [1.82, 2.24) is 19.6 Å². The van der Waals surface area contributed by atoms with Gasteiger partial charge in [-0.05, 0) is 19.1 Å². The molecule has 2 aromatic rings. The Kier molecular flexibility index (Phi) is 3.34. The van der Waals surface area contributed by atoms with E-state index in [0.29, 0.717) is 5.02 Å². The van der Waals surface area contributed by atoms with Gasteiger partial charge in [-0.2, -0.15) is 10.2 Å². The Labute approximate surface area is 110 Å². The zero-order chi connectivity index (χ0) is 13.3. The van der Waals surface area contributed by atoms with E-state index in [-0.39, 0.29) is 11.5 Å². The molecule has 0 radical (unpaired) electrons. The van der Waals surface area contributed by atoms with Gasteiger partial charge in [-0.3, -0.25) is 14.2 Å². The predicted octanol–water partition coefficient (Wildman–Crippen LogP) is 2.01. The summed E-state index contributed by atoms with van der Waals surface area (Å²) in [5, 5.41) is 8.56. The van der Waals surface area contributed by atoms with Gasteiger partial charge < -0.3 is 0 Å². The summed E-state index contributed by atoms with van der Waals surface area (Å²) >= 11 is 5.90. The van der Waals surface area contributed by atoms with E-state index in [4.69, 9.17) is 11.6 Å². The lowest BCUT2D eigenvalue weighted by Gasteiger charge is -1.90. The van der Waals surface area contributed by atoms with Crippen molar-refractivity contribution in [2.45, 2.75) is 6.92 Å². The maximum absolute atomic E-state index is 11.9. The molecule has 2 aromatic heterocycles. The zero-order valence-corrected chi connectivity index (χ0v) is 11.1. The second kappa shape index (κ2) is 4.78. The number of hydrogen-bond acceptors (Lipinski definition) is 3. The molecular formula is C12H13ClN4O. The van der Waals surface area contributed by atoms with Crippen molar-refractivity contribution in [1.29, 1.82) is 0 Å². The monoisotopic (exact) mass is 264 g/mol. The number of hydrogen-bond donors (Lipinski definition) is 0. The average Bonchev–Trinajstić information content (AvgIpc) is 2.78. The number of nitrogens with zero attached hydrogens (tertiary/aromatic N) is 4. The van der Waals surface area contributed by atoms with Crippen LogP contribution in [0.5, 0.6) is 0 Å². The van der Waals surface area contributed by atoms with Gasteiger partial charge in [0.1, 0.15) is 0 Å². The average molecular weight is 265 g/mol. The number of carbonyl (C=O) groups is 1. The second-order valence-corrected chi connectivity index (χ2v) is 4.45. The van der Waals surface area contributed by atoms with Crippen molar-refractivity contribution in [3.05, 3.63) is 40.4 Å². The van der Waals surface area contributed by atoms with Crippen molar-refractivity contribution in [3.8, 4) is 0 Å². The maximum Gasteiger partial charge on any atom is 0.207 e. The standard InChI is InChI=1S/C12H13ClN4O/c1-8-9(6-16(2)14-8)4-5-11(18)12-10(13)7-17(3)15-12/h4-7H,1-3H3/b5-4+. The van der Waals surface area contributed by atoms with E-state index in [1.165, 1.54) is 10.8 Å². The molecule has 0 aromatic carbocycles. The fourth-order valence-corrected chi connectivity index (χ4v) is 1.92. The van der Waals surface area contributed by atoms with Crippen molar-refractivity contribution >= 4 is 23.5 Å². The van der Waals surface area contributed by atoms with Crippen LogP contribution in [0.3, 0.4) is 0 Å². The summed E-state index contributed by atoms with van der Waals surface area (Å²) < 4.78 is 3.21. The quantitative estimate of drug-likeness (QED) is 0.629. The third-order valence-corrected chi connectivity index (χ3v) is 2.76. The predicted molar refractivity (Wildman–Crippen MR) is 69.5 cm³/mol. The lowest BCUT2D eigenvalue weighted by molar-refractivity contribution is 0.104. The van der Waals surface area contributed by atoms with Crippen LogP contribution in [0, 0.1) is 6.92 Å². The third kappa shape index (κ3) is 2.51. The first-order chi connectivity index (χ1) is 8.47. The minimum atomic E-state index is -0.219. The van der Waals surface area contributed by atoms with E-state index in [1.54, 1.807) is 24.0 Å². The second-order valence-electron chi connectivity index (χ2n) is 4.04. The molecular weight excluding hydrogens is 252 g/mol. The summed E-state index contributed by atoms with van der Waals surface area (Å²) in [6.07, 6.45) is 6.62. The molecule has 0 amide bonds. The van der Waals surface area contributed by atoms with E-state index in [1.807, 2.05) is 20.2 Å². The Morgan fingerprint density at radius 3 is 2.44 bits per heavy atom. The molecule has 0 saturated carbocycles. The summed E-state index contributed by atoms with van der Waals surface area (Å²) in [7, 11) is 3.55. The number of aromatic nitrogens is 4. The molecule has 2 heterocycles. The smallest absolute Gasteiger partial charge is 0.207 e. The van der Waals surface area contributed by atoms with Crippen LogP contribution in [0.25, 0.3) is 6.08 Å². The third-order valence-electron chi connectivity index (χ3n) is 2.48. The number of rotatable bonds is 3. The molecule has 18 heavy (non-hydrogen) atoms. The van der Waals surface area contributed by atoms with Crippen molar-refractivity contribution in [3.63, 3.8) is 0 Å². The molecule has 94 valence electrons.